The average Bonchev–Trinajstić information content (AvgIpc) is 2.67. The van der Waals surface area contributed by atoms with Gasteiger partial charge in [-0.25, -0.2) is 0 Å². The van der Waals surface area contributed by atoms with Crippen molar-refractivity contribution in [2.45, 2.75) is 19.4 Å². The summed E-state index contributed by atoms with van der Waals surface area (Å²) in [5.74, 6) is 1.25. The van der Waals surface area contributed by atoms with Crippen LogP contribution in [0.2, 0.25) is 0 Å². The molecule has 2 N–H and O–H groups in total. The summed E-state index contributed by atoms with van der Waals surface area (Å²) in [5.41, 5.74) is 5.65. The van der Waals surface area contributed by atoms with Gasteiger partial charge in [-0.2, -0.15) is 4.98 Å². The predicted molar refractivity (Wildman–Crippen MR) is 54.7 cm³/mol. The van der Waals surface area contributed by atoms with E-state index in [0.29, 0.717) is 18.3 Å². The van der Waals surface area contributed by atoms with Crippen LogP contribution in [0.3, 0.4) is 0 Å². The van der Waals surface area contributed by atoms with Crippen molar-refractivity contribution in [2.24, 2.45) is 5.73 Å². The molecule has 1 fully saturated rings. The number of ether oxygens (including phenoxy) is 1. The largest absolute Gasteiger partial charge is 0.378 e. The van der Waals surface area contributed by atoms with E-state index in [1.54, 1.807) is 0 Å². The summed E-state index contributed by atoms with van der Waals surface area (Å²) in [4.78, 5) is 6.34. The molecule has 0 spiro atoms. The summed E-state index contributed by atoms with van der Waals surface area (Å²) in [6, 6.07) is 0.0444. The molecule has 2 heterocycles. The van der Waals surface area contributed by atoms with Gasteiger partial charge in [-0.1, -0.05) is 0 Å². The highest BCUT2D eigenvalue weighted by atomic mass is 16.5. The van der Waals surface area contributed by atoms with Gasteiger partial charge in [-0.05, 0) is 12.1 Å². The van der Waals surface area contributed by atoms with Gasteiger partial charge in [-0.3, -0.25) is 0 Å². The van der Waals surface area contributed by atoms with Crippen molar-refractivity contribution in [2.75, 3.05) is 31.2 Å². The monoisotopic (exact) mass is 212 g/mol. The predicted octanol–water partition coefficient (Wildman–Crippen LogP) is -0.204. The molecule has 1 atom stereocenters. The van der Waals surface area contributed by atoms with Crippen molar-refractivity contribution in [3.63, 3.8) is 0 Å². The molecule has 6 heteroatoms. The van der Waals surface area contributed by atoms with Crippen LogP contribution >= 0.6 is 0 Å². The Morgan fingerprint density at radius 1 is 1.47 bits per heavy atom. The van der Waals surface area contributed by atoms with Crippen molar-refractivity contribution in [1.29, 1.82) is 0 Å². The zero-order chi connectivity index (χ0) is 10.7. The van der Waals surface area contributed by atoms with Crippen LogP contribution in [0, 0.1) is 0 Å². The Morgan fingerprint density at radius 3 is 2.87 bits per heavy atom. The van der Waals surface area contributed by atoms with Crippen LogP contribution in [0.15, 0.2) is 4.52 Å². The Balaban J connectivity index is 1.99. The molecule has 1 aromatic heterocycles. The molecule has 6 nitrogen and oxygen atoms in total. The van der Waals surface area contributed by atoms with Crippen molar-refractivity contribution >= 4 is 5.95 Å². The van der Waals surface area contributed by atoms with Crippen molar-refractivity contribution < 1.29 is 9.26 Å². The van der Waals surface area contributed by atoms with E-state index in [-0.39, 0.29) is 6.04 Å². The van der Waals surface area contributed by atoms with E-state index >= 15 is 0 Å². The molecule has 0 radical (unpaired) electrons. The van der Waals surface area contributed by atoms with Gasteiger partial charge in [0, 0.05) is 25.6 Å². The van der Waals surface area contributed by atoms with Gasteiger partial charge in [0.15, 0.2) is 0 Å². The lowest BCUT2D eigenvalue weighted by atomic mass is 10.2. The number of aromatic nitrogens is 2. The van der Waals surface area contributed by atoms with Gasteiger partial charge in [0.25, 0.3) is 5.95 Å². The SMILES string of the molecule is C[C@@H](N)Cc1nc(N2CCOCC2)no1. The molecule has 1 saturated heterocycles. The maximum Gasteiger partial charge on any atom is 0.266 e. The van der Waals surface area contributed by atoms with E-state index in [2.05, 4.69) is 15.0 Å². The minimum absolute atomic E-state index is 0.0444. The van der Waals surface area contributed by atoms with Crippen LogP contribution in [0.4, 0.5) is 5.95 Å². The lowest BCUT2D eigenvalue weighted by molar-refractivity contribution is 0.121. The first-order valence-corrected chi connectivity index (χ1v) is 5.16. The first-order chi connectivity index (χ1) is 7.25. The highest BCUT2D eigenvalue weighted by molar-refractivity contribution is 5.28. The molecule has 1 aliphatic heterocycles. The maximum atomic E-state index is 5.65. The zero-order valence-corrected chi connectivity index (χ0v) is 8.85. The Labute approximate surface area is 88.4 Å². The molecule has 0 aliphatic carbocycles. The van der Waals surface area contributed by atoms with Crippen LogP contribution in [0.5, 0.6) is 0 Å². The van der Waals surface area contributed by atoms with Crippen LogP contribution in [0.25, 0.3) is 0 Å². The van der Waals surface area contributed by atoms with Gasteiger partial charge < -0.3 is 19.9 Å². The smallest absolute Gasteiger partial charge is 0.266 e. The fourth-order valence-electron chi connectivity index (χ4n) is 1.50. The molecule has 0 aromatic carbocycles. The highest BCUT2D eigenvalue weighted by Gasteiger charge is 2.17. The normalized spacial score (nSPS) is 19.2. The molecule has 2 rings (SSSR count). The van der Waals surface area contributed by atoms with Gasteiger partial charge in [0.1, 0.15) is 0 Å². The molecule has 1 aromatic rings. The second-order valence-electron chi connectivity index (χ2n) is 3.77. The van der Waals surface area contributed by atoms with E-state index in [0.717, 1.165) is 26.3 Å². The summed E-state index contributed by atoms with van der Waals surface area (Å²) in [5, 5.41) is 3.92. The second-order valence-corrected chi connectivity index (χ2v) is 3.77. The third kappa shape index (κ3) is 2.66. The molecule has 0 unspecified atom stereocenters. The molecular formula is C9H16N4O2. The lowest BCUT2D eigenvalue weighted by Crippen LogP contribution is -2.36. The number of rotatable bonds is 3. The summed E-state index contributed by atoms with van der Waals surface area (Å²) in [6.45, 7) is 4.99. The van der Waals surface area contributed by atoms with Crippen molar-refractivity contribution in [3.05, 3.63) is 5.89 Å². The maximum absolute atomic E-state index is 5.65. The lowest BCUT2D eigenvalue weighted by Gasteiger charge is -2.24. The minimum atomic E-state index is 0.0444. The third-order valence-electron chi connectivity index (χ3n) is 2.25. The molecule has 1 aliphatic rings. The van der Waals surface area contributed by atoms with E-state index in [1.807, 2.05) is 6.92 Å². The fraction of sp³-hybridized carbons (Fsp3) is 0.778. The number of anilines is 1. The van der Waals surface area contributed by atoms with E-state index in [1.165, 1.54) is 0 Å². The van der Waals surface area contributed by atoms with Gasteiger partial charge in [0.05, 0.1) is 13.2 Å². The van der Waals surface area contributed by atoms with Crippen LogP contribution in [-0.2, 0) is 11.2 Å². The topological polar surface area (TPSA) is 77.4 Å². The summed E-state index contributed by atoms with van der Waals surface area (Å²) in [6.07, 6.45) is 0.622. The molecule has 15 heavy (non-hydrogen) atoms. The van der Waals surface area contributed by atoms with E-state index in [4.69, 9.17) is 15.0 Å². The quantitative estimate of drug-likeness (QED) is 0.747. The highest BCUT2D eigenvalue weighted by Crippen LogP contribution is 2.11. The third-order valence-corrected chi connectivity index (χ3v) is 2.25. The Morgan fingerprint density at radius 2 is 2.20 bits per heavy atom. The number of hydrogen-bond donors (Lipinski definition) is 1. The van der Waals surface area contributed by atoms with Gasteiger partial charge in [0.2, 0.25) is 5.89 Å². The standard InChI is InChI=1S/C9H16N4O2/c1-7(10)6-8-11-9(12-15-8)13-2-4-14-5-3-13/h7H,2-6,10H2,1H3/t7-/m1/s1. The first kappa shape index (κ1) is 10.4. The summed E-state index contributed by atoms with van der Waals surface area (Å²) in [7, 11) is 0. The van der Waals surface area contributed by atoms with Crippen molar-refractivity contribution in [1.82, 2.24) is 10.1 Å². The fourth-order valence-corrected chi connectivity index (χ4v) is 1.50. The number of nitrogens with zero attached hydrogens (tertiary/aromatic N) is 3. The van der Waals surface area contributed by atoms with Crippen molar-refractivity contribution in [3.8, 4) is 0 Å². The zero-order valence-electron chi connectivity index (χ0n) is 8.85. The Bertz CT molecular complexity index is 307. The number of hydrogen-bond acceptors (Lipinski definition) is 6. The molecular weight excluding hydrogens is 196 g/mol. The van der Waals surface area contributed by atoms with Crippen LogP contribution in [-0.4, -0.2) is 42.5 Å². The summed E-state index contributed by atoms with van der Waals surface area (Å²) < 4.78 is 10.3. The van der Waals surface area contributed by atoms with Gasteiger partial charge in [-0.15, -0.1) is 0 Å². The van der Waals surface area contributed by atoms with Crippen LogP contribution in [0.1, 0.15) is 12.8 Å². The van der Waals surface area contributed by atoms with E-state index < -0.39 is 0 Å². The molecule has 84 valence electrons. The molecule has 0 bridgehead atoms. The van der Waals surface area contributed by atoms with Gasteiger partial charge >= 0.3 is 0 Å². The molecule has 0 saturated carbocycles. The molecule has 0 amide bonds. The first-order valence-electron chi connectivity index (χ1n) is 5.16. The second kappa shape index (κ2) is 4.59. The summed E-state index contributed by atoms with van der Waals surface area (Å²) >= 11 is 0. The Hall–Kier alpha value is -1.14. The minimum Gasteiger partial charge on any atom is -0.378 e. The van der Waals surface area contributed by atoms with E-state index in [9.17, 15) is 0 Å². The van der Waals surface area contributed by atoms with Crippen LogP contribution < -0.4 is 10.6 Å². The number of nitrogens with two attached hydrogens (primary N) is 1. The average molecular weight is 212 g/mol. The number of morpholine rings is 1. The Kier molecular flexibility index (Phi) is 3.17.